The molecule has 2 atom stereocenters. The van der Waals surface area contributed by atoms with Crippen LogP contribution in [0.2, 0.25) is 0 Å². The number of rotatable bonds is 5. The summed E-state index contributed by atoms with van der Waals surface area (Å²) < 4.78 is 5.15. The minimum Gasteiger partial charge on any atom is -0.495 e. The second kappa shape index (κ2) is 6.97. The summed E-state index contributed by atoms with van der Waals surface area (Å²) in [5, 5.41) is 14.6. The number of amides is 2. The first kappa shape index (κ1) is 15.2. The molecule has 1 aliphatic rings. The Morgan fingerprint density at radius 1 is 1.33 bits per heavy atom. The number of anilines is 1. The lowest BCUT2D eigenvalue weighted by Gasteiger charge is -2.17. The molecule has 0 aliphatic heterocycles. The van der Waals surface area contributed by atoms with E-state index in [9.17, 15) is 9.59 Å². The highest BCUT2D eigenvalue weighted by Crippen LogP contribution is 2.31. The van der Waals surface area contributed by atoms with Gasteiger partial charge in [-0.15, -0.1) is 0 Å². The molecule has 1 aromatic carbocycles. The van der Waals surface area contributed by atoms with Crippen LogP contribution in [0, 0.1) is 11.8 Å². The van der Waals surface area contributed by atoms with Crippen LogP contribution in [-0.4, -0.2) is 30.8 Å². The van der Waals surface area contributed by atoms with E-state index in [0.717, 1.165) is 12.8 Å². The molecule has 114 valence electrons. The summed E-state index contributed by atoms with van der Waals surface area (Å²) in [7, 11) is 1.54. The molecule has 6 heteroatoms. The maximum Gasteiger partial charge on any atom is 0.319 e. The predicted molar refractivity (Wildman–Crippen MR) is 78.5 cm³/mol. The lowest BCUT2D eigenvalue weighted by atomic mass is 9.96. The number of aliphatic carboxylic acids is 1. The summed E-state index contributed by atoms with van der Waals surface area (Å²) in [5.41, 5.74) is 0.582. The maximum absolute atomic E-state index is 11.9. The highest BCUT2D eigenvalue weighted by atomic mass is 16.5. The molecule has 1 saturated carbocycles. The molecule has 0 spiro atoms. The van der Waals surface area contributed by atoms with Crippen molar-refractivity contribution in [3.05, 3.63) is 24.3 Å². The summed E-state index contributed by atoms with van der Waals surface area (Å²) in [5.74, 6) is -0.538. The fraction of sp³-hybridized carbons (Fsp3) is 0.467. The van der Waals surface area contributed by atoms with Crippen LogP contribution in [0.1, 0.15) is 19.3 Å². The molecule has 0 radical (unpaired) electrons. The zero-order valence-corrected chi connectivity index (χ0v) is 12.0. The van der Waals surface area contributed by atoms with Crippen LogP contribution in [-0.2, 0) is 4.79 Å². The van der Waals surface area contributed by atoms with E-state index in [1.165, 1.54) is 7.11 Å². The normalized spacial score (nSPS) is 20.8. The Kier molecular flexibility index (Phi) is 5.03. The minimum absolute atomic E-state index is 0.00548. The van der Waals surface area contributed by atoms with E-state index in [2.05, 4.69) is 10.6 Å². The van der Waals surface area contributed by atoms with Gasteiger partial charge in [-0.1, -0.05) is 18.6 Å². The Labute approximate surface area is 123 Å². The van der Waals surface area contributed by atoms with Gasteiger partial charge in [-0.25, -0.2) is 4.79 Å². The number of hydrogen-bond donors (Lipinski definition) is 3. The second-order valence-electron chi connectivity index (χ2n) is 5.17. The van der Waals surface area contributed by atoms with Crippen molar-refractivity contribution in [2.45, 2.75) is 19.3 Å². The number of benzene rings is 1. The molecular weight excluding hydrogens is 272 g/mol. The van der Waals surface area contributed by atoms with Gasteiger partial charge < -0.3 is 20.5 Å². The van der Waals surface area contributed by atoms with Crippen molar-refractivity contribution in [1.29, 1.82) is 0 Å². The van der Waals surface area contributed by atoms with Crippen LogP contribution < -0.4 is 15.4 Å². The molecule has 1 fully saturated rings. The number of carboxylic acid groups (broad SMARTS) is 1. The number of carbonyl (C=O) groups is 2. The quantitative estimate of drug-likeness (QED) is 0.777. The molecule has 0 aromatic heterocycles. The van der Waals surface area contributed by atoms with Gasteiger partial charge >= 0.3 is 12.0 Å². The van der Waals surface area contributed by atoms with Gasteiger partial charge in [0, 0.05) is 6.54 Å². The molecular formula is C15H20N2O4. The molecule has 1 aliphatic carbocycles. The Morgan fingerprint density at radius 2 is 2.10 bits per heavy atom. The molecule has 1 aromatic rings. The minimum atomic E-state index is -0.774. The monoisotopic (exact) mass is 292 g/mol. The Hall–Kier alpha value is -2.24. The first-order valence-electron chi connectivity index (χ1n) is 7.02. The fourth-order valence-corrected chi connectivity index (χ4v) is 2.74. The summed E-state index contributed by atoms with van der Waals surface area (Å²) >= 11 is 0. The van der Waals surface area contributed by atoms with Crippen LogP contribution in [0.4, 0.5) is 10.5 Å². The summed E-state index contributed by atoms with van der Waals surface area (Å²) in [6.07, 6.45) is 2.43. The number of hydrogen-bond acceptors (Lipinski definition) is 3. The van der Waals surface area contributed by atoms with Crippen LogP contribution in [0.15, 0.2) is 24.3 Å². The van der Waals surface area contributed by atoms with Crippen LogP contribution >= 0.6 is 0 Å². The number of urea groups is 1. The van der Waals surface area contributed by atoms with E-state index >= 15 is 0 Å². The molecule has 3 N–H and O–H groups in total. The first-order chi connectivity index (χ1) is 10.1. The van der Waals surface area contributed by atoms with E-state index in [4.69, 9.17) is 9.84 Å². The third-order valence-corrected chi connectivity index (χ3v) is 3.86. The van der Waals surface area contributed by atoms with E-state index in [0.29, 0.717) is 24.4 Å². The zero-order valence-electron chi connectivity index (χ0n) is 12.0. The number of carbonyl (C=O) groups excluding carboxylic acids is 1. The molecule has 0 bridgehead atoms. The van der Waals surface area contributed by atoms with Gasteiger partial charge in [-0.3, -0.25) is 4.79 Å². The molecule has 2 amide bonds. The molecule has 6 nitrogen and oxygen atoms in total. The Morgan fingerprint density at radius 3 is 2.81 bits per heavy atom. The van der Waals surface area contributed by atoms with Gasteiger partial charge in [0.25, 0.3) is 0 Å². The predicted octanol–water partition coefficient (Wildman–Crippen LogP) is 2.32. The van der Waals surface area contributed by atoms with Crippen LogP contribution in [0.5, 0.6) is 5.75 Å². The van der Waals surface area contributed by atoms with E-state index < -0.39 is 5.97 Å². The number of carboxylic acids is 1. The molecule has 21 heavy (non-hydrogen) atoms. The average Bonchev–Trinajstić information content (AvgIpc) is 2.94. The van der Waals surface area contributed by atoms with Crippen molar-refractivity contribution in [2.75, 3.05) is 19.0 Å². The Bertz CT molecular complexity index is 518. The maximum atomic E-state index is 11.9. The lowest BCUT2D eigenvalue weighted by Crippen LogP contribution is -2.35. The van der Waals surface area contributed by atoms with Crippen molar-refractivity contribution in [3.63, 3.8) is 0 Å². The van der Waals surface area contributed by atoms with Crippen LogP contribution in [0.25, 0.3) is 0 Å². The van der Waals surface area contributed by atoms with Crippen LogP contribution in [0.3, 0.4) is 0 Å². The smallest absolute Gasteiger partial charge is 0.319 e. The lowest BCUT2D eigenvalue weighted by molar-refractivity contribution is -0.142. The summed E-state index contributed by atoms with van der Waals surface area (Å²) in [6.45, 7) is 0.373. The largest absolute Gasteiger partial charge is 0.495 e. The standard InChI is InChI=1S/C15H20N2O4/c1-21-13-8-3-2-7-12(13)17-15(20)16-9-10-5-4-6-11(10)14(18)19/h2-3,7-8,10-11H,4-6,9H2,1H3,(H,18,19)(H2,16,17,20). The number of para-hydroxylation sites is 2. The highest BCUT2D eigenvalue weighted by Gasteiger charge is 2.32. The first-order valence-corrected chi connectivity index (χ1v) is 7.02. The topological polar surface area (TPSA) is 87.7 Å². The summed E-state index contributed by atoms with van der Waals surface area (Å²) in [6, 6.07) is 6.77. The molecule has 0 heterocycles. The van der Waals surface area contributed by atoms with E-state index in [-0.39, 0.29) is 17.9 Å². The number of methoxy groups -OCH3 is 1. The molecule has 2 unspecified atom stereocenters. The van der Waals surface area contributed by atoms with Gasteiger partial charge in [0.1, 0.15) is 5.75 Å². The molecule has 0 saturated heterocycles. The van der Waals surface area contributed by atoms with Crippen molar-refractivity contribution in [3.8, 4) is 5.75 Å². The van der Waals surface area contributed by atoms with Gasteiger partial charge in [0.2, 0.25) is 0 Å². The average molecular weight is 292 g/mol. The van der Waals surface area contributed by atoms with Crippen molar-refractivity contribution in [1.82, 2.24) is 5.32 Å². The van der Waals surface area contributed by atoms with Crippen molar-refractivity contribution in [2.24, 2.45) is 11.8 Å². The number of ether oxygens (including phenoxy) is 1. The van der Waals surface area contributed by atoms with Crippen molar-refractivity contribution < 1.29 is 19.4 Å². The number of nitrogens with one attached hydrogen (secondary N) is 2. The van der Waals surface area contributed by atoms with Gasteiger partial charge in [-0.2, -0.15) is 0 Å². The molecule has 2 rings (SSSR count). The second-order valence-corrected chi connectivity index (χ2v) is 5.17. The van der Waals surface area contributed by atoms with Gasteiger partial charge in [0.05, 0.1) is 18.7 Å². The van der Waals surface area contributed by atoms with Gasteiger partial charge in [0.15, 0.2) is 0 Å². The van der Waals surface area contributed by atoms with E-state index in [1.54, 1.807) is 18.2 Å². The van der Waals surface area contributed by atoms with Crippen molar-refractivity contribution >= 4 is 17.7 Å². The Balaban J connectivity index is 1.86. The van der Waals surface area contributed by atoms with E-state index in [1.807, 2.05) is 6.07 Å². The highest BCUT2D eigenvalue weighted by molar-refractivity contribution is 5.90. The third-order valence-electron chi connectivity index (χ3n) is 3.86. The third kappa shape index (κ3) is 3.87. The van der Waals surface area contributed by atoms with Gasteiger partial charge in [-0.05, 0) is 30.9 Å². The SMILES string of the molecule is COc1ccccc1NC(=O)NCC1CCCC1C(=O)O. The summed E-state index contributed by atoms with van der Waals surface area (Å²) in [4.78, 5) is 23.0. The fourth-order valence-electron chi connectivity index (χ4n) is 2.74. The zero-order chi connectivity index (χ0) is 15.2.